The summed E-state index contributed by atoms with van der Waals surface area (Å²) >= 11 is 0. The van der Waals surface area contributed by atoms with E-state index in [1.165, 1.54) is 83.5 Å². The number of carbonyl (C=O) groups is 2. The molecule has 5 heteroatoms. The van der Waals surface area contributed by atoms with Gasteiger partial charge in [0.2, 0.25) is 0 Å². The molecule has 0 rings (SSSR count). The lowest BCUT2D eigenvalue weighted by atomic mass is 9.99. The minimum Gasteiger partial charge on any atom is -0.462 e. The second-order valence-electron chi connectivity index (χ2n) is 10.4. The first-order valence-corrected chi connectivity index (χ1v) is 15.0. The largest absolute Gasteiger partial charge is 0.462 e. The zero-order valence-electron chi connectivity index (χ0n) is 23.5. The highest BCUT2D eigenvalue weighted by Gasteiger charge is 2.16. The van der Waals surface area contributed by atoms with Crippen LogP contribution in [0.3, 0.4) is 0 Å². The monoisotopic (exact) mass is 498 g/mol. The van der Waals surface area contributed by atoms with Crippen molar-refractivity contribution >= 4 is 11.9 Å². The van der Waals surface area contributed by atoms with Crippen LogP contribution < -0.4 is 0 Å². The highest BCUT2D eigenvalue weighted by molar-refractivity contribution is 5.70. The Labute approximate surface area is 217 Å². The van der Waals surface area contributed by atoms with Crippen molar-refractivity contribution in [2.75, 3.05) is 13.2 Å². The third-order valence-electron chi connectivity index (χ3n) is 6.94. The summed E-state index contributed by atoms with van der Waals surface area (Å²) in [7, 11) is 0. The van der Waals surface area contributed by atoms with Crippen molar-refractivity contribution < 1.29 is 24.2 Å². The summed E-state index contributed by atoms with van der Waals surface area (Å²) in [5, 5.41) is 9.43. The van der Waals surface area contributed by atoms with Crippen LogP contribution >= 0.6 is 0 Å². The molecule has 0 aromatic heterocycles. The summed E-state index contributed by atoms with van der Waals surface area (Å²) in [5.41, 5.74) is 0. The van der Waals surface area contributed by atoms with Crippen LogP contribution in [-0.4, -0.2) is 36.4 Å². The molecule has 35 heavy (non-hydrogen) atoms. The Morgan fingerprint density at radius 1 is 0.657 bits per heavy atom. The van der Waals surface area contributed by atoms with Gasteiger partial charge in [0.05, 0.1) is 6.61 Å². The lowest BCUT2D eigenvalue weighted by molar-refractivity contribution is -0.161. The van der Waals surface area contributed by atoms with Crippen molar-refractivity contribution in [3.05, 3.63) is 0 Å². The fraction of sp³-hybridized carbons (Fsp3) is 0.933. The fourth-order valence-corrected chi connectivity index (χ4v) is 4.23. The van der Waals surface area contributed by atoms with Crippen LogP contribution in [0.2, 0.25) is 0 Å². The Morgan fingerprint density at radius 2 is 1.11 bits per heavy atom. The van der Waals surface area contributed by atoms with Gasteiger partial charge in [0.1, 0.15) is 6.61 Å². The zero-order valence-corrected chi connectivity index (χ0v) is 23.5. The van der Waals surface area contributed by atoms with E-state index < -0.39 is 6.10 Å². The number of hydrogen-bond donors (Lipinski definition) is 1. The molecular formula is C30H58O5. The Kier molecular flexibility index (Phi) is 25.2. The number of esters is 2. The molecule has 0 aromatic carbocycles. The standard InChI is InChI=1S/C30H58O5/c1-4-6-7-8-13-17-20-23-29(32)34-26-28(25-31)35-30(33)24-21-18-15-12-10-9-11-14-16-19-22-27(3)5-2/h27-28,31H,4-26H2,1-3H3/t27?,28-/m0/s1. The van der Waals surface area contributed by atoms with E-state index in [1.54, 1.807) is 0 Å². The maximum absolute atomic E-state index is 12.0. The van der Waals surface area contributed by atoms with Gasteiger partial charge in [-0.2, -0.15) is 0 Å². The van der Waals surface area contributed by atoms with Gasteiger partial charge in [-0.1, -0.05) is 130 Å². The minimum atomic E-state index is -0.759. The van der Waals surface area contributed by atoms with Crippen LogP contribution in [0.5, 0.6) is 0 Å². The highest BCUT2D eigenvalue weighted by atomic mass is 16.6. The van der Waals surface area contributed by atoms with Crippen molar-refractivity contribution in [2.24, 2.45) is 5.92 Å². The number of unbranched alkanes of at least 4 members (excludes halogenated alkanes) is 15. The SMILES string of the molecule is CCCCCCCCCC(=O)OC[C@H](CO)OC(=O)CCCCCCCCCCCCC(C)CC. The van der Waals surface area contributed by atoms with Crippen LogP contribution in [0.1, 0.15) is 156 Å². The number of aliphatic hydroxyl groups excluding tert-OH is 1. The summed E-state index contributed by atoms with van der Waals surface area (Å²) in [6.07, 6.45) is 23.0. The predicted octanol–water partition coefficient (Wildman–Crippen LogP) is 8.30. The van der Waals surface area contributed by atoms with Crippen molar-refractivity contribution in [3.8, 4) is 0 Å². The molecule has 0 aliphatic rings. The van der Waals surface area contributed by atoms with E-state index >= 15 is 0 Å². The second-order valence-corrected chi connectivity index (χ2v) is 10.4. The van der Waals surface area contributed by atoms with E-state index in [0.29, 0.717) is 12.8 Å². The summed E-state index contributed by atoms with van der Waals surface area (Å²) in [6.45, 7) is 6.44. The molecule has 5 nitrogen and oxygen atoms in total. The van der Waals surface area contributed by atoms with Crippen molar-refractivity contribution in [3.63, 3.8) is 0 Å². The third-order valence-corrected chi connectivity index (χ3v) is 6.94. The summed E-state index contributed by atoms with van der Waals surface area (Å²) in [6, 6.07) is 0. The average molecular weight is 499 g/mol. The Morgan fingerprint density at radius 3 is 1.60 bits per heavy atom. The van der Waals surface area contributed by atoms with Gasteiger partial charge in [0.25, 0.3) is 0 Å². The topological polar surface area (TPSA) is 72.8 Å². The maximum Gasteiger partial charge on any atom is 0.306 e. The van der Waals surface area contributed by atoms with Gasteiger partial charge in [-0.15, -0.1) is 0 Å². The molecule has 2 atom stereocenters. The molecule has 208 valence electrons. The molecule has 1 N–H and O–H groups in total. The molecule has 0 radical (unpaired) electrons. The van der Waals surface area contributed by atoms with Crippen LogP contribution in [0.4, 0.5) is 0 Å². The molecule has 0 aliphatic carbocycles. The number of carbonyl (C=O) groups excluding carboxylic acids is 2. The molecule has 0 spiro atoms. The van der Waals surface area contributed by atoms with Gasteiger partial charge in [0.15, 0.2) is 6.10 Å². The second kappa shape index (κ2) is 26.0. The molecule has 0 amide bonds. The molecule has 0 saturated heterocycles. The number of rotatable bonds is 26. The first-order valence-electron chi connectivity index (χ1n) is 15.0. The number of aliphatic hydroxyl groups is 1. The molecule has 0 aromatic rings. The average Bonchev–Trinajstić information content (AvgIpc) is 2.86. The van der Waals surface area contributed by atoms with Crippen LogP contribution in [0.25, 0.3) is 0 Å². The maximum atomic E-state index is 12.0. The quantitative estimate of drug-likeness (QED) is 0.0959. The van der Waals surface area contributed by atoms with Crippen molar-refractivity contribution in [1.29, 1.82) is 0 Å². The third kappa shape index (κ3) is 24.4. The molecule has 1 unspecified atom stereocenters. The highest BCUT2D eigenvalue weighted by Crippen LogP contribution is 2.15. The van der Waals surface area contributed by atoms with E-state index in [9.17, 15) is 14.7 Å². The smallest absolute Gasteiger partial charge is 0.306 e. The summed E-state index contributed by atoms with van der Waals surface area (Å²) in [5.74, 6) is 0.285. The first kappa shape index (κ1) is 33.9. The van der Waals surface area contributed by atoms with Gasteiger partial charge in [-0.05, 0) is 18.8 Å². The van der Waals surface area contributed by atoms with Crippen molar-refractivity contribution in [2.45, 2.75) is 162 Å². The lowest BCUT2D eigenvalue weighted by Gasteiger charge is -2.15. The molecule has 0 fully saturated rings. The van der Waals surface area contributed by atoms with E-state index in [2.05, 4.69) is 20.8 Å². The van der Waals surface area contributed by atoms with Gasteiger partial charge in [-0.25, -0.2) is 0 Å². The number of hydrogen-bond acceptors (Lipinski definition) is 5. The van der Waals surface area contributed by atoms with Crippen molar-refractivity contribution in [1.82, 2.24) is 0 Å². The molecule has 0 saturated carbocycles. The normalized spacial score (nSPS) is 12.9. The molecule has 0 aliphatic heterocycles. The number of ether oxygens (including phenoxy) is 2. The van der Waals surface area contributed by atoms with Gasteiger partial charge < -0.3 is 14.6 Å². The summed E-state index contributed by atoms with van der Waals surface area (Å²) < 4.78 is 10.5. The van der Waals surface area contributed by atoms with Gasteiger partial charge in [-0.3, -0.25) is 9.59 Å². The van der Waals surface area contributed by atoms with E-state index in [1.807, 2.05) is 0 Å². The molecule has 0 heterocycles. The van der Waals surface area contributed by atoms with Crippen LogP contribution in [0, 0.1) is 5.92 Å². The Bertz CT molecular complexity index is 479. The fourth-order valence-electron chi connectivity index (χ4n) is 4.23. The van der Waals surface area contributed by atoms with Gasteiger partial charge in [0, 0.05) is 12.8 Å². The predicted molar refractivity (Wildman–Crippen MR) is 145 cm³/mol. The van der Waals surface area contributed by atoms with Crippen LogP contribution in [0.15, 0.2) is 0 Å². The minimum absolute atomic E-state index is 0.0603. The van der Waals surface area contributed by atoms with Crippen LogP contribution in [-0.2, 0) is 19.1 Å². The van der Waals surface area contributed by atoms with Gasteiger partial charge >= 0.3 is 11.9 Å². The lowest BCUT2D eigenvalue weighted by Crippen LogP contribution is -2.28. The Hall–Kier alpha value is -1.10. The first-order chi connectivity index (χ1) is 17.0. The molecular weight excluding hydrogens is 440 g/mol. The van der Waals surface area contributed by atoms with E-state index in [4.69, 9.17) is 9.47 Å². The van der Waals surface area contributed by atoms with E-state index in [-0.39, 0.29) is 25.2 Å². The Balaban J connectivity index is 3.57. The summed E-state index contributed by atoms with van der Waals surface area (Å²) in [4.78, 5) is 23.9. The van der Waals surface area contributed by atoms with E-state index in [0.717, 1.165) is 44.4 Å². The molecule has 0 bridgehead atoms. The zero-order chi connectivity index (χ0) is 26.0.